The van der Waals surface area contributed by atoms with Crippen molar-refractivity contribution in [3.63, 3.8) is 0 Å². The van der Waals surface area contributed by atoms with Crippen LogP contribution in [0.1, 0.15) is 56.7 Å². The van der Waals surface area contributed by atoms with Crippen molar-refractivity contribution in [1.82, 2.24) is 4.57 Å². The van der Waals surface area contributed by atoms with E-state index in [0.717, 1.165) is 23.5 Å². The molecule has 8 aromatic carbocycles. The number of fused-ring (bicyclic) bond motifs is 6. The molecule has 0 radical (unpaired) electrons. The number of rotatable bonds is 8. The molecule has 276 valence electrons. The van der Waals surface area contributed by atoms with Crippen LogP contribution < -0.4 is 4.90 Å². The second-order valence-electron chi connectivity index (χ2n) is 16.2. The van der Waals surface area contributed by atoms with Gasteiger partial charge in [0.15, 0.2) is 0 Å². The van der Waals surface area contributed by atoms with Crippen LogP contribution in [0.25, 0.3) is 60.9 Å². The van der Waals surface area contributed by atoms with Gasteiger partial charge < -0.3 is 9.47 Å². The van der Waals surface area contributed by atoms with Crippen LogP contribution in [0.4, 0.5) is 17.1 Å². The van der Waals surface area contributed by atoms with Gasteiger partial charge in [-0.2, -0.15) is 0 Å². The summed E-state index contributed by atoms with van der Waals surface area (Å²) in [6.07, 6.45) is 1.14. The van der Waals surface area contributed by atoms with Gasteiger partial charge in [0.25, 0.3) is 0 Å². The quantitative estimate of drug-likeness (QED) is 0.151. The lowest BCUT2D eigenvalue weighted by molar-refractivity contribution is 0.660. The predicted molar refractivity (Wildman–Crippen MR) is 243 cm³/mol. The van der Waals surface area contributed by atoms with Crippen molar-refractivity contribution in [2.75, 3.05) is 4.90 Å². The van der Waals surface area contributed by atoms with Crippen molar-refractivity contribution in [3.05, 3.63) is 205 Å². The second-order valence-corrected chi connectivity index (χ2v) is 16.2. The highest BCUT2D eigenvalue weighted by atomic mass is 15.1. The molecule has 0 bridgehead atoms. The molecule has 1 unspecified atom stereocenters. The van der Waals surface area contributed by atoms with Crippen molar-refractivity contribution in [2.45, 2.75) is 45.4 Å². The summed E-state index contributed by atoms with van der Waals surface area (Å²) in [5, 5.41) is 2.51. The summed E-state index contributed by atoms with van der Waals surface area (Å²) >= 11 is 0. The normalized spacial score (nSPS) is 13.4. The Balaban J connectivity index is 1.06. The minimum absolute atomic E-state index is 0.0742. The van der Waals surface area contributed by atoms with E-state index in [9.17, 15) is 0 Å². The fraction of sp³-hybridized carbons (Fsp3) is 0.127. The Morgan fingerprint density at radius 1 is 0.474 bits per heavy atom. The Morgan fingerprint density at radius 3 is 1.61 bits per heavy atom. The Morgan fingerprint density at radius 2 is 0.982 bits per heavy atom. The average Bonchev–Trinajstić information content (AvgIpc) is 3.71. The van der Waals surface area contributed by atoms with Crippen LogP contribution in [0.15, 0.2) is 188 Å². The van der Waals surface area contributed by atoms with Gasteiger partial charge in [-0.3, -0.25) is 0 Å². The van der Waals surface area contributed by atoms with Gasteiger partial charge in [-0.1, -0.05) is 143 Å². The minimum Gasteiger partial charge on any atom is -0.310 e. The van der Waals surface area contributed by atoms with Crippen molar-refractivity contribution < 1.29 is 0 Å². The molecule has 10 rings (SSSR count). The van der Waals surface area contributed by atoms with Crippen LogP contribution in [0, 0.1) is 0 Å². The summed E-state index contributed by atoms with van der Waals surface area (Å²) in [6, 6.07) is 69.5. The lowest BCUT2D eigenvalue weighted by Crippen LogP contribution is -2.16. The molecule has 0 fully saturated rings. The smallest absolute Gasteiger partial charge is 0.0541 e. The third kappa shape index (κ3) is 5.87. The zero-order chi connectivity index (χ0) is 38.7. The fourth-order valence-corrected chi connectivity index (χ4v) is 9.14. The van der Waals surface area contributed by atoms with Crippen molar-refractivity contribution in [3.8, 4) is 39.1 Å². The van der Waals surface area contributed by atoms with Crippen LogP contribution >= 0.6 is 0 Å². The van der Waals surface area contributed by atoms with Crippen molar-refractivity contribution in [1.29, 1.82) is 0 Å². The van der Waals surface area contributed by atoms with Gasteiger partial charge in [-0.25, -0.2) is 0 Å². The molecule has 0 N–H and O–H groups in total. The lowest BCUT2D eigenvalue weighted by atomic mass is 9.82. The van der Waals surface area contributed by atoms with E-state index < -0.39 is 0 Å². The molecule has 1 aromatic heterocycles. The number of benzene rings is 8. The van der Waals surface area contributed by atoms with Crippen LogP contribution in [0.5, 0.6) is 0 Å². The summed E-state index contributed by atoms with van der Waals surface area (Å²) < 4.78 is 2.40. The monoisotopic (exact) mass is 734 g/mol. The second kappa shape index (κ2) is 13.8. The largest absolute Gasteiger partial charge is 0.310 e. The molecule has 0 saturated heterocycles. The maximum Gasteiger partial charge on any atom is 0.0541 e. The standard InChI is InChI=1S/C55H46N2/c1-5-37(2)38-20-22-39(23-21-38)41-26-32-53-49(34-41)50-35-42(27-33-54(50)57(53)44-16-10-7-11-17-44)40-24-28-45(29-25-40)56(43-14-8-6-9-15-43)46-30-31-48-47-18-12-13-19-51(47)55(3,4)52(48)36-46/h6-37H,5H2,1-4H3. The third-order valence-electron chi connectivity index (χ3n) is 12.5. The van der Waals surface area contributed by atoms with Gasteiger partial charge in [0.1, 0.15) is 0 Å². The number of para-hydroxylation sites is 2. The van der Waals surface area contributed by atoms with Crippen LogP contribution in [0.2, 0.25) is 0 Å². The van der Waals surface area contributed by atoms with E-state index in [-0.39, 0.29) is 5.41 Å². The van der Waals surface area contributed by atoms with Gasteiger partial charge in [0, 0.05) is 38.9 Å². The van der Waals surface area contributed by atoms with Crippen LogP contribution in [0.3, 0.4) is 0 Å². The molecule has 2 nitrogen and oxygen atoms in total. The Kier molecular flexibility index (Phi) is 8.45. The molecule has 9 aromatic rings. The fourth-order valence-electron chi connectivity index (χ4n) is 9.14. The van der Waals surface area contributed by atoms with Gasteiger partial charge in [0.2, 0.25) is 0 Å². The SMILES string of the molecule is CCC(C)c1ccc(-c2ccc3c(c2)c2cc(-c4ccc(N(c5ccccc5)c5ccc6c(c5)C(C)(C)c5ccccc5-6)cc4)ccc2n3-c2ccccc2)cc1. The van der Waals surface area contributed by atoms with E-state index in [4.69, 9.17) is 0 Å². The molecule has 1 atom stereocenters. The highest BCUT2D eigenvalue weighted by molar-refractivity contribution is 6.11. The first-order valence-corrected chi connectivity index (χ1v) is 20.3. The van der Waals surface area contributed by atoms with E-state index >= 15 is 0 Å². The Hall–Kier alpha value is -6.64. The van der Waals surface area contributed by atoms with Gasteiger partial charge in [-0.15, -0.1) is 0 Å². The van der Waals surface area contributed by atoms with Crippen LogP contribution in [-0.4, -0.2) is 4.57 Å². The highest BCUT2D eigenvalue weighted by Crippen LogP contribution is 2.50. The molecule has 0 spiro atoms. The Labute approximate surface area is 336 Å². The van der Waals surface area contributed by atoms with Gasteiger partial charge in [0.05, 0.1) is 11.0 Å². The third-order valence-corrected chi connectivity index (χ3v) is 12.5. The van der Waals surface area contributed by atoms with Crippen molar-refractivity contribution >= 4 is 38.9 Å². The number of anilines is 3. The highest BCUT2D eigenvalue weighted by Gasteiger charge is 2.35. The number of hydrogen-bond donors (Lipinski definition) is 0. The minimum atomic E-state index is -0.0742. The summed E-state index contributed by atoms with van der Waals surface area (Å²) in [6.45, 7) is 9.26. The molecular weight excluding hydrogens is 689 g/mol. The maximum atomic E-state index is 2.40. The zero-order valence-corrected chi connectivity index (χ0v) is 33.1. The lowest BCUT2D eigenvalue weighted by Gasteiger charge is -2.28. The summed E-state index contributed by atoms with van der Waals surface area (Å²) in [4.78, 5) is 2.39. The van der Waals surface area contributed by atoms with E-state index in [2.05, 4.69) is 225 Å². The van der Waals surface area contributed by atoms with E-state index in [0.29, 0.717) is 5.92 Å². The molecule has 1 aliphatic carbocycles. The first-order chi connectivity index (χ1) is 27.9. The molecule has 0 aliphatic heterocycles. The first-order valence-electron chi connectivity index (χ1n) is 20.3. The molecule has 2 heteroatoms. The van der Waals surface area contributed by atoms with E-state index in [1.807, 2.05) is 0 Å². The molecular formula is C55H46N2. The van der Waals surface area contributed by atoms with E-state index in [1.54, 1.807) is 0 Å². The van der Waals surface area contributed by atoms with E-state index in [1.165, 1.54) is 77.6 Å². The average molecular weight is 735 g/mol. The van der Waals surface area contributed by atoms with Gasteiger partial charge in [-0.05, 0) is 135 Å². The number of nitrogens with zero attached hydrogens (tertiary/aromatic N) is 2. The molecule has 57 heavy (non-hydrogen) atoms. The molecule has 0 amide bonds. The number of hydrogen-bond acceptors (Lipinski definition) is 1. The summed E-state index contributed by atoms with van der Waals surface area (Å²) in [5.74, 6) is 0.559. The molecule has 1 heterocycles. The Bertz CT molecular complexity index is 2900. The zero-order valence-electron chi connectivity index (χ0n) is 33.1. The first kappa shape index (κ1) is 34.8. The summed E-state index contributed by atoms with van der Waals surface area (Å²) in [7, 11) is 0. The predicted octanol–water partition coefficient (Wildman–Crippen LogP) is 15.4. The topological polar surface area (TPSA) is 8.17 Å². The summed E-state index contributed by atoms with van der Waals surface area (Å²) in [5.41, 5.74) is 18.6. The maximum absolute atomic E-state index is 2.40. The van der Waals surface area contributed by atoms with Crippen molar-refractivity contribution in [2.24, 2.45) is 0 Å². The molecule has 0 saturated carbocycles. The van der Waals surface area contributed by atoms with Gasteiger partial charge >= 0.3 is 0 Å². The molecule has 1 aliphatic rings. The van der Waals surface area contributed by atoms with Crippen LogP contribution in [-0.2, 0) is 5.41 Å². The number of aromatic nitrogens is 1.